The molecule has 2 heterocycles. The van der Waals surface area contributed by atoms with Crippen LogP contribution >= 0.6 is 0 Å². The standard InChI is InChI=1S/C24H30N2O2Si/c1-16-12-22-21(25-15-16)11-9-18(26-22)13-23(27)20-14-19(10-8-17(20)2)28-29(6,7)24(3,4)5/h8-12,14-15H,13H2,1-7H3. The molecule has 5 heteroatoms. The molecule has 4 nitrogen and oxygen atoms in total. The number of fused-ring (bicyclic) bond motifs is 1. The molecule has 0 aliphatic heterocycles. The molecule has 0 unspecified atom stereocenters. The van der Waals surface area contributed by atoms with Crippen LogP contribution in [0.3, 0.4) is 0 Å². The molecule has 0 spiro atoms. The van der Waals surface area contributed by atoms with Crippen molar-refractivity contribution in [3.63, 3.8) is 0 Å². The molecule has 1 aromatic carbocycles. The van der Waals surface area contributed by atoms with Crippen molar-refractivity contribution in [2.24, 2.45) is 0 Å². The topological polar surface area (TPSA) is 52.1 Å². The molecule has 0 N–H and O–H groups in total. The Morgan fingerprint density at radius 1 is 1.03 bits per heavy atom. The van der Waals surface area contributed by atoms with Crippen molar-refractivity contribution in [1.82, 2.24) is 9.97 Å². The molecule has 3 aromatic rings. The summed E-state index contributed by atoms with van der Waals surface area (Å²) in [7, 11) is -1.96. The second-order valence-electron chi connectivity index (χ2n) is 9.29. The van der Waals surface area contributed by atoms with Gasteiger partial charge in [0.2, 0.25) is 8.32 Å². The molecule has 152 valence electrons. The minimum atomic E-state index is -1.96. The van der Waals surface area contributed by atoms with E-state index in [4.69, 9.17) is 4.43 Å². The second kappa shape index (κ2) is 7.71. The monoisotopic (exact) mass is 406 g/mol. The molecular weight excluding hydrogens is 376 g/mol. The lowest BCUT2D eigenvalue weighted by Crippen LogP contribution is -2.43. The van der Waals surface area contributed by atoms with Gasteiger partial charge in [-0.2, -0.15) is 0 Å². The highest BCUT2D eigenvalue weighted by Crippen LogP contribution is 2.37. The third kappa shape index (κ3) is 4.73. The Hall–Kier alpha value is -2.53. The van der Waals surface area contributed by atoms with E-state index < -0.39 is 8.32 Å². The Labute approximate surface area is 174 Å². The van der Waals surface area contributed by atoms with Crippen LogP contribution in [0.2, 0.25) is 18.1 Å². The highest BCUT2D eigenvalue weighted by Gasteiger charge is 2.39. The van der Waals surface area contributed by atoms with Crippen molar-refractivity contribution < 1.29 is 9.22 Å². The van der Waals surface area contributed by atoms with Crippen LogP contribution in [0, 0.1) is 13.8 Å². The molecule has 0 aliphatic rings. The van der Waals surface area contributed by atoms with E-state index >= 15 is 0 Å². The van der Waals surface area contributed by atoms with Gasteiger partial charge in [-0.1, -0.05) is 26.8 Å². The van der Waals surface area contributed by atoms with Gasteiger partial charge in [0.1, 0.15) is 5.75 Å². The van der Waals surface area contributed by atoms with Gasteiger partial charge in [0.15, 0.2) is 5.78 Å². The summed E-state index contributed by atoms with van der Waals surface area (Å²) < 4.78 is 6.40. The van der Waals surface area contributed by atoms with Crippen LogP contribution in [0.25, 0.3) is 11.0 Å². The van der Waals surface area contributed by atoms with Crippen LogP contribution in [0.1, 0.15) is 48.0 Å². The Kier molecular flexibility index (Phi) is 5.63. The summed E-state index contributed by atoms with van der Waals surface area (Å²) in [6, 6.07) is 11.6. The molecule has 0 saturated carbocycles. The fourth-order valence-corrected chi connectivity index (χ4v) is 3.94. The van der Waals surface area contributed by atoms with Crippen LogP contribution in [-0.2, 0) is 6.42 Å². The van der Waals surface area contributed by atoms with Crippen LogP contribution in [0.4, 0.5) is 0 Å². The van der Waals surface area contributed by atoms with Gasteiger partial charge >= 0.3 is 0 Å². The number of aromatic nitrogens is 2. The van der Waals surface area contributed by atoms with Crippen LogP contribution in [0.15, 0.2) is 42.6 Å². The summed E-state index contributed by atoms with van der Waals surface area (Å²) in [5, 5.41) is 0.100. The van der Waals surface area contributed by atoms with Crippen LogP contribution in [0.5, 0.6) is 5.75 Å². The molecule has 0 bridgehead atoms. The van der Waals surface area contributed by atoms with E-state index in [1.807, 2.05) is 56.4 Å². The SMILES string of the molecule is Cc1cnc2ccc(CC(=O)c3cc(O[Si](C)(C)C(C)(C)C)ccc3C)nc2c1. The second-order valence-corrected chi connectivity index (χ2v) is 14.0. The Balaban J connectivity index is 1.85. The molecule has 2 aromatic heterocycles. The van der Waals surface area contributed by atoms with E-state index in [-0.39, 0.29) is 17.2 Å². The summed E-state index contributed by atoms with van der Waals surface area (Å²) in [4.78, 5) is 22.1. The summed E-state index contributed by atoms with van der Waals surface area (Å²) in [5.74, 6) is 0.826. The number of benzene rings is 1. The minimum absolute atomic E-state index is 0.0515. The zero-order valence-corrected chi connectivity index (χ0v) is 19.5. The molecule has 0 radical (unpaired) electrons. The van der Waals surface area contributed by atoms with Gasteiger partial charge in [-0.25, -0.2) is 0 Å². The van der Waals surface area contributed by atoms with Gasteiger partial charge in [-0.05, 0) is 73.4 Å². The molecule has 0 aliphatic carbocycles. The van der Waals surface area contributed by atoms with Crippen molar-refractivity contribution >= 4 is 25.1 Å². The first kappa shape index (κ1) is 21.2. The van der Waals surface area contributed by atoms with Gasteiger partial charge in [0, 0.05) is 17.5 Å². The highest BCUT2D eigenvalue weighted by molar-refractivity contribution is 6.74. The smallest absolute Gasteiger partial charge is 0.250 e. The number of carbonyl (C=O) groups is 1. The number of pyridine rings is 2. The highest BCUT2D eigenvalue weighted by atomic mass is 28.4. The Morgan fingerprint density at radius 3 is 2.45 bits per heavy atom. The van der Waals surface area contributed by atoms with Gasteiger partial charge in [0.05, 0.1) is 17.5 Å². The van der Waals surface area contributed by atoms with Crippen molar-refractivity contribution in [2.45, 2.75) is 59.2 Å². The average molecular weight is 407 g/mol. The lowest BCUT2D eigenvalue weighted by Gasteiger charge is -2.36. The number of rotatable bonds is 5. The van der Waals surface area contributed by atoms with Crippen molar-refractivity contribution in [1.29, 1.82) is 0 Å². The first-order chi connectivity index (χ1) is 13.5. The maximum Gasteiger partial charge on any atom is 0.250 e. The van der Waals surface area contributed by atoms with Gasteiger partial charge < -0.3 is 4.43 Å². The average Bonchev–Trinajstić information content (AvgIpc) is 2.61. The number of hydrogen-bond donors (Lipinski definition) is 0. The van der Waals surface area contributed by atoms with E-state index in [9.17, 15) is 4.79 Å². The first-order valence-electron chi connectivity index (χ1n) is 10.0. The predicted octanol–water partition coefficient (Wildman–Crippen LogP) is 6.06. The molecule has 0 atom stereocenters. The number of nitrogens with zero attached hydrogens (tertiary/aromatic N) is 2. The maximum atomic E-state index is 13.1. The largest absolute Gasteiger partial charge is 0.543 e. The number of Topliss-reactive ketones (excluding diaryl/α,β-unsaturated/α-hetero) is 1. The van der Waals surface area contributed by atoms with E-state index in [0.29, 0.717) is 5.56 Å². The zero-order chi connectivity index (χ0) is 21.4. The minimum Gasteiger partial charge on any atom is -0.543 e. The molecule has 3 rings (SSSR count). The Morgan fingerprint density at radius 2 is 1.76 bits per heavy atom. The van der Waals surface area contributed by atoms with E-state index in [2.05, 4.69) is 43.8 Å². The lowest BCUT2D eigenvalue weighted by molar-refractivity contribution is 0.0991. The fourth-order valence-electron chi connectivity index (χ4n) is 2.92. The molecule has 29 heavy (non-hydrogen) atoms. The molecular formula is C24H30N2O2Si. The first-order valence-corrected chi connectivity index (χ1v) is 12.9. The summed E-state index contributed by atoms with van der Waals surface area (Å²) in [6.45, 7) is 15.0. The number of hydrogen-bond acceptors (Lipinski definition) is 4. The van der Waals surface area contributed by atoms with E-state index in [1.165, 1.54) is 0 Å². The van der Waals surface area contributed by atoms with Crippen LogP contribution < -0.4 is 4.43 Å². The normalized spacial score (nSPS) is 12.2. The van der Waals surface area contributed by atoms with Crippen molar-refractivity contribution in [3.05, 3.63) is 65.0 Å². The molecule has 0 saturated heterocycles. The van der Waals surface area contributed by atoms with Gasteiger partial charge in [-0.15, -0.1) is 0 Å². The molecule has 0 amide bonds. The van der Waals surface area contributed by atoms with Crippen LogP contribution in [-0.4, -0.2) is 24.1 Å². The third-order valence-electron chi connectivity index (χ3n) is 5.76. The zero-order valence-electron chi connectivity index (χ0n) is 18.5. The van der Waals surface area contributed by atoms with E-state index in [0.717, 1.165) is 33.6 Å². The Bertz CT molecular complexity index is 1070. The van der Waals surface area contributed by atoms with Gasteiger partial charge in [0.25, 0.3) is 0 Å². The van der Waals surface area contributed by atoms with Crippen molar-refractivity contribution in [3.8, 4) is 5.75 Å². The van der Waals surface area contributed by atoms with E-state index in [1.54, 1.807) is 0 Å². The summed E-state index contributed by atoms with van der Waals surface area (Å²) >= 11 is 0. The molecule has 0 fully saturated rings. The number of ketones is 1. The summed E-state index contributed by atoms with van der Waals surface area (Å²) in [6.07, 6.45) is 2.08. The number of aryl methyl sites for hydroxylation is 2. The third-order valence-corrected chi connectivity index (χ3v) is 10.1. The number of carbonyl (C=O) groups excluding carboxylic acids is 1. The predicted molar refractivity (Wildman–Crippen MR) is 121 cm³/mol. The quantitative estimate of drug-likeness (QED) is 0.382. The lowest BCUT2D eigenvalue weighted by atomic mass is 10.0. The van der Waals surface area contributed by atoms with Gasteiger partial charge in [-0.3, -0.25) is 14.8 Å². The fraction of sp³-hybridized carbons (Fsp3) is 0.375. The summed E-state index contributed by atoms with van der Waals surface area (Å²) in [5.41, 5.74) is 5.13. The van der Waals surface area contributed by atoms with Crippen molar-refractivity contribution in [2.75, 3.05) is 0 Å². The maximum absolute atomic E-state index is 13.1.